The smallest absolute Gasteiger partial charge is 0.211 e. The van der Waals surface area contributed by atoms with E-state index in [0.29, 0.717) is 12.8 Å². The molecule has 1 fully saturated rings. The number of hydrogen-bond donors (Lipinski definition) is 2. The summed E-state index contributed by atoms with van der Waals surface area (Å²) in [6.07, 6.45) is 3.74. The summed E-state index contributed by atoms with van der Waals surface area (Å²) in [4.78, 5) is 0.502. The largest absolute Gasteiger partial charge is 0.240 e. The number of aryl methyl sites for hydroxylation is 2. The van der Waals surface area contributed by atoms with Gasteiger partial charge < -0.3 is 0 Å². The molecule has 2 N–H and O–H groups in total. The average molecular weight is 507 g/mol. The Balaban J connectivity index is 1.73. The maximum atomic E-state index is 13.1. The molecule has 0 saturated heterocycles. The number of sulfonamides is 2. The Kier molecular flexibility index (Phi) is 7.97. The van der Waals surface area contributed by atoms with Crippen LogP contribution in [0.4, 0.5) is 0 Å². The second-order valence-corrected chi connectivity index (χ2v) is 14.2. The third-order valence-electron chi connectivity index (χ3n) is 6.74. The Bertz CT molecular complexity index is 1190. The fourth-order valence-corrected chi connectivity index (χ4v) is 7.74. The average Bonchev–Trinajstić information content (AvgIpc) is 2.76. The molecule has 0 aliphatic heterocycles. The van der Waals surface area contributed by atoms with Gasteiger partial charge in [0, 0.05) is 12.6 Å². The first-order chi connectivity index (χ1) is 15.8. The van der Waals surface area contributed by atoms with Crippen LogP contribution in [0.1, 0.15) is 65.0 Å². The molecule has 0 unspecified atom stereocenters. The summed E-state index contributed by atoms with van der Waals surface area (Å²) in [5, 5.41) is 0. The molecule has 0 amide bonds. The predicted molar refractivity (Wildman–Crippen MR) is 137 cm³/mol. The van der Waals surface area contributed by atoms with E-state index in [1.54, 1.807) is 24.3 Å². The molecule has 0 spiro atoms. The van der Waals surface area contributed by atoms with Crippen LogP contribution in [0.5, 0.6) is 0 Å². The molecule has 2 atom stereocenters. The van der Waals surface area contributed by atoms with E-state index >= 15 is 0 Å². The van der Waals surface area contributed by atoms with E-state index in [0.717, 1.165) is 30.4 Å². The summed E-state index contributed by atoms with van der Waals surface area (Å²) in [5.41, 5.74) is 1.64. The SMILES string of the molecule is CCc1ccc(S(=O)(=O)NC[C@]2(C)C[C@@H](NS(=O)(=O)c3ccc(CC)cc3)CC(C)(C)C2)cc1. The van der Waals surface area contributed by atoms with E-state index in [9.17, 15) is 16.8 Å². The predicted octanol–water partition coefficient (Wildman–Crippen LogP) is 4.65. The Morgan fingerprint density at radius 1 is 0.765 bits per heavy atom. The molecule has 0 aromatic heterocycles. The van der Waals surface area contributed by atoms with Crippen molar-refractivity contribution in [1.82, 2.24) is 9.44 Å². The number of benzene rings is 2. The molecule has 1 saturated carbocycles. The van der Waals surface area contributed by atoms with Gasteiger partial charge in [0.15, 0.2) is 0 Å². The van der Waals surface area contributed by atoms with Gasteiger partial charge in [0.1, 0.15) is 0 Å². The van der Waals surface area contributed by atoms with Gasteiger partial charge in [0.05, 0.1) is 9.79 Å². The molecule has 1 aliphatic carbocycles. The van der Waals surface area contributed by atoms with Gasteiger partial charge in [-0.2, -0.15) is 0 Å². The summed E-state index contributed by atoms with van der Waals surface area (Å²) in [5.74, 6) is 0. The second-order valence-electron chi connectivity index (χ2n) is 10.7. The van der Waals surface area contributed by atoms with Gasteiger partial charge in [-0.15, -0.1) is 0 Å². The van der Waals surface area contributed by atoms with Crippen molar-refractivity contribution in [3.63, 3.8) is 0 Å². The van der Waals surface area contributed by atoms with Crippen LogP contribution in [0.3, 0.4) is 0 Å². The molecule has 188 valence electrons. The summed E-state index contributed by atoms with van der Waals surface area (Å²) < 4.78 is 57.6. The molecule has 3 rings (SSSR count). The third-order valence-corrected chi connectivity index (χ3v) is 9.69. The quantitative estimate of drug-likeness (QED) is 0.518. The number of hydrogen-bond acceptors (Lipinski definition) is 4. The van der Waals surface area contributed by atoms with E-state index in [1.165, 1.54) is 0 Å². The van der Waals surface area contributed by atoms with Crippen LogP contribution in [0.2, 0.25) is 0 Å². The van der Waals surface area contributed by atoms with Crippen molar-refractivity contribution in [2.45, 2.75) is 82.6 Å². The van der Waals surface area contributed by atoms with Gasteiger partial charge >= 0.3 is 0 Å². The highest BCUT2D eigenvalue weighted by Gasteiger charge is 2.43. The van der Waals surface area contributed by atoms with E-state index in [-0.39, 0.29) is 27.8 Å². The van der Waals surface area contributed by atoms with Crippen molar-refractivity contribution in [3.8, 4) is 0 Å². The lowest BCUT2D eigenvalue weighted by atomic mass is 9.63. The van der Waals surface area contributed by atoms with Crippen LogP contribution in [-0.2, 0) is 32.9 Å². The molecular formula is C26H38N2O4S2. The van der Waals surface area contributed by atoms with E-state index in [4.69, 9.17) is 0 Å². The first kappa shape index (κ1) is 26.9. The minimum Gasteiger partial charge on any atom is -0.211 e. The van der Waals surface area contributed by atoms with Crippen LogP contribution in [0.15, 0.2) is 58.3 Å². The van der Waals surface area contributed by atoms with Gasteiger partial charge in [0.2, 0.25) is 20.0 Å². The van der Waals surface area contributed by atoms with Gasteiger partial charge in [0.25, 0.3) is 0 Å². The molecule has 0 radical (unpaired) electrons. The highest BCUT2D eigenvalue weighted by molar-refractivity contribution is 7.89. The summed E-state index contributed by atoms with van der Waals surface area (Å²) in [6.45, 7) is 10.6. The first-order valence-electron chi connectivity index (χ1n) is 12.0. The van der Waals surface area contributed by atoms with E-state index in [2.05, 4.69) is 23.3 Å². The molecular weight excluding hydrogens is 468 g/mol. The highest BCUT2D eigenvalue weighted by Crippen LogP contribution is 2.46. The third kappa shape index (κ3) is 6.68. The fourth-order valence-electron chi connectivity index (χ4n) is 5.30. The second kappa shape index (κ2) is 10.1. The van der Waals surface area contributed by atoms with E-state index < -0.39 is 25.5 Å². The Morgan fingerprint density at radius 3 is 1.71 bits per heavy atom. The van der Waals surface area contributed by atoms with Crippen molar-refractivity contribution in [1.29, 1.82) is 0 Å². The topological polar surface area (TPSA) is 92.3 Å². The first-order valence-corrected chi connectivity index (χ1v) is 14.9. The Morgan fingerprint density at radius 2 is 1.24 bits per heavy atom. The molecule has 0 bridgehead atoms. The fraction of sp³-hybridized carbons (Fsp3) is 0.538. The monoisotopic (exact) mass is 506 g/mol. The van der Waals surface area contributed by atoms with Gasteiger partial charge in [-0.3, -0.25) is 0 Å². The zero-order valence-corrected chi connectivity index (χ0v) is 22.5. The van der Waals surface area contributed by atoms with Crippen molar-refractivity contribution in [3.05, 3.63) is 59.7 Å². The van der Waals surface area contributed by atoms with Crippen LogP contribution < -0.4 is 9.44 Å². The molecule has 34 heavy (non-hydrogen) atoms. The molecule has 8 heteroatoms. The van der Waals surface area contributed by atoms with Crippen LogP contribution in [-0.4, -0.2) is 29.4 Å². The molecule has 2 aromatic carbocycles. The molecule has 0 heterocycles. The van der Waals surface area contributed by atoms with Crippen LogP contribution in [0, 0.1) is 10.8 Å². The minimum atomic E-state index is -3.67. The zero-order valence-electron chi connectivity index (χ0n) is 20.9. The van der Waals surface area contributed by atoms with Crippen molar-refractivity contribution in [2.24, 2.45) is 10.8 Å². The zero-order chi connectivity index (χ0) is 25.2. The molecule has 6 nitrogen and oxygen atoms in total. The Labute approximate surface area is 205 Å². The maximum absolute atomic E-state index is 13.1. The standard InChI is InChI=1S/C26H38N2O4S2/c1-6-20-8-12-23(13-9-20)33(29,30)27-19-26(5)17-22(16-25(3,4)18-26)28-34(31,32)24-14-10-21(7-2)11-15-24/h8-15,22,27-28H,6-7,16-19H2,1-5H3/t22-,26+/m0/s1. The number of nitrogens with one attached hydrogen (secondary N) is 2. The Hall–Kier alpha value is -1.74. The van der Waals surface area contributed by atoms with Crippen molar-refractivity contribution in [2.75, 3.05) is 6.54 Å². The van der Waals surface area contributed by atoms with Gasteiger partial charge in [-0.05, 0) is 78.3 Å². The number of rotatable bonds is 9. The summed E-state index contributed by atoms with van der Waals surface area (Å²) in [7, 11) is -7.32. The highest BCUT2D eigenvalue weighted by atomic mass is 32.2. The maximum Gasteiger partial charge on any atom is 0.240 e. The summed E-state index contributed by atoms with van der Waals surface area (Å²) in [6, 6.07) is 13.6. The van der Waals surface area contributed by atoms with Crippen molar-refractivity contribution >= 4 is 20.0 Å². The molecule has 2 aromatic rings. The van der Waals surface area contributed by atoms with Gasteiger partial charge in [-0.1, -0.05) is 58.9 Å². The van der Waals surface area contributed by atoms with E-state index in [1.807, 2.05) is 45.0 Å². The molecule has 1 aliphatic rings. The lowest BCUT2D eigenvalue weighted by Crippen LogP contribution is -2.50. The van der Waals surface area contributed by atoms with Crippen molar-refractivity contribution < 1.29 is 16.8 Å². The van der Waals surface area contributed by atoms with Crippen LogP contribution in [0.25, 0.3) is 0 Å². The lowest BCUT2D eigenvalue weighted by Gasteiger charge is -2.46. The minimum absolute atomic E-state index is 0.138. The van der Waals surface area contributed by atoms with Crippen LogP contribution >= 0.6 is 0 Å². The lowest BCUT2D eigenvalue weighted by molar-refractivity contribution is 0.0821. The van der Waals surface area contributed by atoms with Gasteiger partial charge in [-0.25, -0.2) is 26.3 Å². The normalized spacial score (nSPS) is 23.0. The summed E-state index contributed by atoms with van der Waals surface area (Å²) >= 11 is 0.